The van der Waals surface area contributed by atoms with E-state index in [1.165, 1.54) is 0 Å². The molecule has 0 aliphatic carbocycles. The SMILES string of the molecule is N#CC1(C2(O)CCOC2)CCOCC1. The lowest BCUT2D eigenvalue weighted by molar-refractivity contribution is -0.104. The topological polar surface area (TPSA) is 62.5 Å². The van der Waals surface area contributed by atoms with Crippen LogP contribution in [0.2, 0.25) is 0 Å². The van der Waals surface area contributed by atoms with E-state index in [-0.39, 0.29) is 0 Å². The van der Waals surface area contributed by atoms with Crippen LogP contribution in [0.25, 0.3) is 0 Å². The molecule has 2 saturated heterocycles. The van der Waals surface area contributed by atoms with Gasteiger partial charge in [0, 0.05) is 26.2 Å². The number of aliphatic hydroxyl groups is 1. The van der Waals surface area contributed by atoms with Gasteiger partial charge < -0.3 is 14.6 Å². The molecule has 2 aliphatic rings. The number of hydrogen-bond acceptors (Lipinski definition) is 4. The predicted molar refractivity (Wildman–Crippen MR) is 48.5 cm³/mol. The smallest absolute Gasteiger partial charge is 0.109 e. The Labute approximate surface area is 83.4 Å². The van der Waals surface area contributed by atoms with Crippen LogP contribution in [0.1, 0.15) is 19.3 Å². The number of rotatable bonds is 1. The minimum absolute atomic E-state index is 0.292. The minimum Gasteiger partial charge on any atom is -0.386 e. The van der Waals surface area contributed by atoms with Gasteiger partial charge in [0.25, 0.3) is 0 Å². The fourth-order valence-electron chi connectivity index (χ4n) is 2.33. The van der Waals surface area contributed by atoms with Crippen LogP contribution in [0.3, 0.4) is 0 Å². The molecule has 14 heavy (non-hydrogen) atoms. The minimum atomic E-state index is -0.953. The van der Waals surface area contributed by atoms with Crippen molar-refractivity contribution in [3.63, 3.8) is 0 Å². The largest absolute Gasteiger partial charge is 0.386 e. The van der Waals surface area contributed by atoms with Gasteiger partial charge in [0.2, 0.25) is 0 Å². The molecule has 1 unspecified atom stereocenters. The summed E-state index contributed by atoms with van der Waals surface area (Å²) in [4.78, 5) is 0. The third kappa shape index (κ3) is 1.33. The zero-order valence-corrected chi connectivity index (χ0v) is 8.16. The van der Waals surface area contributed by atoms with Crippen molar-refractivity contribution in [2.24, 2.45) is 5.41 Å². The number of ether oxygens (including phenoxy) is 2. The second-order valence-corrected chi connectivity index (χ2v) is 4.14. The molecule has 0 aromatic rings. The fraction of sp³-hybridized carbons (Fsp3) is 0.900. The van der Waals surface area contributed by atoms with Crippen molar-refractivity contribution in [3.8, 4) is 6.07 Å². The van der Waals surface area contributed by atoms with Gasteiger partial charge >= 0.3 is 0 Å². The number of nitriles is 1. The van der Waals surface area contributed by atoms with Crippen LogP contribution in [-0.4, -0.2) is 37.1 Å². The van der Waals surface area contributed by atoms with Crippen molar-refractivity contribution in [1.82, 2.24) is 0 Å². The van der Waals surface area contributed by atoms with Crippen LogP contribution in [0, 0.1) is 16.7 Å². The number of nitrogens with zero attached hydrogens (tertiary/aromatic N) is 1. The van der Waals surface area contributed by atoms with Crippen molar-refractivity contribution < 1.29 is 14.6 Å². The Kier molecular flexibility index (Phi) is 2.48. The maximum atomic E-state index is 10.4. The first-order chi connectivity index (χ1) is 6.72. The van der Waals surface area contributed by atoms with Gasteiger partial charge in [-0.25, -0.2) is 0 Å². The predicted octanol–water partition coefficient (Wildman–Crippen LogP) is 0.458. The zero-order valence-electron chi connectivity index (χ0n) is 8.16. The van der Waals surface area contributed by atoms with Crippen molar-refractivity contribution >= 4 is 0 Å². The molecule has 0 radical (unpaired) electrons. The first-order valence-electron chi connectivity index (χ1n) is 5.02. The summed E-state index contributed by atoms with van der Waals surface area (Å²) in [7, 11) is 0. The summed E-state index contributed by atoms with van der Waals surface area (Å²) in [5, 5.41) is 19.6. The highest BCUT2D eigenvalue weighted by Crippen LogP contribution is 2.44. The molecule has 4 nitrogen and oxygen atoms in total. The molecule has 0 bridgehead atoms. The molecule has 0 saturated carbocycles. The molecule has 1 atom stereocenters. The molecule has 0 aromatic heterocycles. The van der Waals surface area contributed by atoms with Crippen LogP contribution in [0.5, 0.6) is 0 Å². The van der Waals surface area contributed by atoms with E-state index < -0.39 is 11.0 Å². The van der Waals surface area contributed by atoms with Crippen LogP contribution >= 0.6 is 0 Å². The summed E-state index contributed by atoms with van der Waals surface area (Å²) in [6.45, 7) is 1.98. The molecule has 2 rings (SSSR count). The lowest BCUT2D eigenvalue weighted by atomic mass is 9.67. The lowest BCUT2D eigenvalue weighted by Crippen LogP contribution is -2.51. The van der Waals surface area contributed by atoms with E-state index in [1.54, 1.807) is 0 Å². The van der Waals surface area contributed by atoms with Gasteiger partial charge in [0.05, 0.1) is 18.1 Å². The second-order valence-electron chi connectivity index (χ2n) is 4.14. The lowest BCUT2D eigenvalue weighted by Gasteiger charge is -2.41. The molecular formula is C10H15NO3. The molecule has 0 aromatic carbocycles. The third-order valence-electron chi connectivity index (χ3n) is 3.45. The Morgan fingerprint density at radius 2 is 1.71 bits per heavy atom. The summed E-state index contributed by atoms with van der Waals surface area (Å²) >= 11 is 0. The van der Waals surface area contributed by atoms with Crippen molar-refractivity contribution in [2.75, 3.05) is 26.4 Å². The molecule has 4 heteroatoms. The summed E-state index contributed by atoms with van der Waals surface area (Å²) in [6.07, 6.45) is 1.80. The van der Waals surface area contributed by atoms with Crippen LogP contribution in [0.4, 0.5) is 0 Å². The van der Waals surface area contributed by atoms with E-state index in [1.807, 2.05) is 0 Å². The van der Waals surface area contributed by atoms with Gasteiger partial charge in [-0.2, -0.15) is 5.26 Å². The average Bonchev–Trinajstić information content (AvgIpc) is 2.68. The van der Waals surface area contributed by atoms with Gasteiger partial charge in [0.15, 0.2) is 0 Å². The third-order valence-corrected chi connectivity index (χ3v) is 3.45. The Hall–Kier alpha value is -0.630. The monoisotopic (exact) mass is 197 g/mol. The van der Waals surface area contributed by atoms with Gasteiger partial charge in [-0.3, -0.25) is 0 Å². The van der Waals surface area contributed by atoms with Crippen molar-refractivity contribution in [2.45, 2.75) is 24.9 Å². The Balaban J connectivity index is 2.22. The Bertz CT molecular complexity index is 247. The van der Waals surface area contributed by atoms with Gasteiger partial charge in [-0.05, 0) is 12.8 Å². The first-order valence-corrected chi connectivity index (χ1v) is 5.02. The maximum Gasteiger partial charge on any atom is 0.109 e. The molecule has 0 amide bonds. The second kappa shape index (κ2) is 3.50. The quantitative estimate of drug-likeness (QED) is 0.663. The highest BCUT2D eigenvalue weighted by Gasteiger charge is 2.53. The van der Waals surface area contributed by atoms with E-state index in [0.29, 0.717) is 45.7 Å². The number of hydrogen-bond donors (Lipinski definition) is 1. The molecular weight excluding hydrogens is 182 g/mol. The standard InChI is InChI=1S/C10H15NO3/c11-7-9(1-4-13-5-2-9)10(12)3-6-14-8-10/h12H,1-6,8H2. The summed E-state index contributed by atoms with van der Waals surface area (Å²) in [6, 6.07) is 2.29. The van der Waals surface area contributed by atoms with Crippen molar-refractivity contribution in [1.29, 1.82) is 5.26 Å². The van der Waals surface area contributed by atoms with Gasteiger partial charge in [-0.15, -0.1) is 0 Å². The van der Waals surface area contributed by atoms with E-state index >= 15 is 0 Å². The van der Waals surface area contributed by atoms with E-state index in [4.69, 9.17) is 9.47 Å². The summed E-state index contributed by atoms with van der Waals surface area (Å²) in [5.74, 6) is 0. The van der Waals surface area contributed by atoms with E-state index in [0.717, 1.165) is 0 Å². The molecule has 78 valence electrons. The summed E-state index contributed by atoms with van der Waals surface area (Å²) in [5.41, 5.74) is -1.60. The molecule has 1 N–H and O–H groups in total. The van der Waals surface area contributed by atoms with Crippen molar-refractivity contribution in [3.05, 3.63) is 0 Å². The molecule has 0 spiro atoms. The Morgan fingerprint density at radius 1 is 1.07 bits per heavy atom. The van der Waals surface area contributed by atoms with E-state index in [2.05, 4.69) is 6.07 Å². The first kappa shape index (κ1) is 9.91. The highest BCUT2D eigenvalue weighted by molar-refractivity contribution is 5.13. The van der Waals surface area contributed by atoms with Gasteiger partial charge in [-0.1, -0.05) is 0 Å². The molecule has 2 fully saturated rings. The zero-order chi connectivity index (χ0) is 10.1. The normalized spacial score (nSPS) is 36.6. The highest BCUT2D eigenvalue weighted by atomic mass is 16.5. The van der Waals surface area contributed by atoms with Gasteiger partial charge in [0.1, 0.15) is 5.60 Å². The molecule has 2 aliphatic heterocycles. The van der Waals surface area contributed by atoms with Crippen LogP contribution < -0.4 is 0 Å². The average molecular weight is 197 g/mol. The Morgan fingerprint density at radius 3 is 2.21 bits per heavy atom. The summed E-state index contributed by atoms with van der Waals surface area (Å²) < 4.78 is 10.4. The fourth-order valence-corrected chi connectivity index (χ4v) is 2.33. The maximum absolute atomic E-state index is 10.4. The van der Waals surface area contributed by atoms with Crippen LogP contribution in [-0.2, 0) is 9.47 Å². The van der Waals surface area contributed by atoms with Crippen LogP contribution in [0.15, 0.2) is 0 Å². The molecule has 2 heterocycles. The van der Waals surface area contributed by atoms with E-state index in [9.17, 15) is 10.4 Å².